The van der Waals surface area contributed by atoms with E-state index in [1.54, 1.807) is 0 Å². The van der Waals surface area contributed by atoms with Gasteiger partial charge in [0.25, 0.3) is 6.29 Å². The van der Waals surface area contributed by atoms with Gasteiger partial charge in [0.1, 0.15) is 13.2 Å². The molecule has 0 rings (SSSR count). The van der Waals surface area contributed by atoms with E-state index in [4.69, 9.17) is 18.9 Å². The van der Waals surface area contributed by atoms with Gasteiger partial charge in [0.05, 0.1) is 34.4 Å². The smallest absolute Gasteiger partial charge is 0.361 e. The van der Waals surface area contributed by atoms with E-state index in [0.29, 0.717) is 17.4 Å². The Balaban J connectivity index is 4.40. The Morgan fingerprint density at radius 2 is 0.781 bits per heavy atom. The third-order valence-corrected chi connectivity index (χ3v) is 11.7. The number of carboxylic acid groups (broad SMARTS) is 1. The number of rotatable bonds is 51. The number of carboxylic acids is 1. The van der Waals surface area contributed by atoms with Crippen molar-refractivity contribution in [3.05, 3.63) is 122 Å². The van der Waals surface area contributed by atoms with Crippen molar-refractivity contribution in [2.24, 2.45) is 0 Å². The minimum atomic E-state index is -1.53. The number of hydrogen-bond donors (Lipinski definition) is 1. The summed E-state index contributed by atoms with van der Waals surface area (Å²) in [5.41, 5.74) is 0. The van der Waals surface area contributed by atoms with Gasteiger partial charge in [-0.15, -0.1) is 0 Å². The molecule has 9 nitrogen and oxygen atoms in total. The third-order valence-electron chi connectivity index (χ3n) is 11.7. The first-order chi connectivity index (χ1) is 35.6. The molecule has 2 unspecified atom stereocenters. The van der Waals surface area contributed by atoms with E-state index < -0.39 is 24.3 Å². The van der Waals surface area contributed by atoms with Crippen molar-refractivity contribution in [2.75, 3.05) is 47.5 Å². The summed E-state index contributed by atoms with van der Waals surface area (Å²) in [6.07, 6.45) is 72.7. The molecule has 9 heteroatoms. The summed E-state index contributed by atoms with van der Waals surface area (Å²) in [4.78, 5) is 37.4. The Morgan fingerprint density at radius 3 is 1.18 bits per heavy atom. The maximum absolute atomic E-state index is 12.9. The highest BCUT2D eigenvalue weighted by atomic mass is 16.7. The molecule has 0 aliphatic carbocycles. The second-order valence-electron chi connectivity index (χ2n) is 19.9. The van der Waals surface area contributed by atoms with Crippen LogP contribution in [0.3, 0.4) is 0 Å². The Morgan fingerprint density at radius 1 is 0.425 bits per heavy atom. The number of unbranched alkanes of at least 4 members (excludes halogenated alkanes) is 16. The summed E-state index contributed by atoms with van der Waals surface area (Å²) in [5, 5.41) is 9.70. The van der Waals surface area contributed by atoms with Crippen molar-refractivity contribution in [3.8, 4) is 0 Å². The molecule has 0 saturated carbocycles. The number of esters is 2. The molecule has 0 aromatic carbocycles. The van der Waals surface area contributed by atoms with E-state index in [0.717, 1.165) is 109 Å². The van der Waals surface area contributed by atoms with Gasteiger partial charge in [-0.05, 0) is 109 Å². The molecule has 414 valence electrons. The van der Waals surface area contributed by atoms with Crippen LogP contribution in [-0.4, -0.2) is 87.4 Å². The van der Waals surface area contributed by atoms with Gasteiger partial charge in [-0.3, -0.25) is 9.59 Å². The second-order valence-corrected chi connectivity index (χ2v) is 19.9. The number of carbonyl (C=O) groups is 3. The predicted molar refractivity (Wildman–Crippen MR) is 308 cm³/mol. The van der Waals surface area contributed by atoms with Gasteiger partial charge in [0, 0.05) is 12.8 Å². The lowest BCUT2D eigenvalue weighted by Gasteiger charge is -2.25. The quantitative estimate of drug-likeness (QED) is 0.0211. The molecule has 73 heavy (non-hydrogen) atoms. The van der Waals surface area contributed by atoms with Crippen molar-refractivity contribution in [3.63, 3.8) is 0 Å². The number of quaternary nitrogens is 1. The molecule has 0 heterocycles. The van der Waals surface area contributed by atoms with Gasteiger partial charge in [0.15, 0.2) is 6.10 Å². The number of likely N-dealkylation sites (N-methyl/N-ethyl adjacent to an activating group) is 1. The zero-order chi connectivity index (χ0) is 53.4. The molecule has 0 saturated heterocycles. The molecule has 0 aromatic rings. The summed E-state index contributed by atoms with van der Waals surface area (Å²) in [6.45, 7) is 4.68. The molecule has 0 spiro atoms. The lowest BCUT2D eigenvalue weighted by molar-refractivity contribution is -0.870. The van der Waals surface area contributed by atoms with E-state index in [1.165, 1.54) is 64.2 Å². The molecule has 0 bridgehead atoms. The fraction of sp³-hybridized carbons (Fsp3) is 0.641. The summed E-state index contributed by atoms with van der Waals surface area (Å²) in [6, 6.07) is 0. The van der Waals surface area contributed by atoms with E-state index >= 15 is 0 Å². The third kappa shape index (κ3) is 55.3. The van der Waals surface area contributed by atoms with Gasteiger partial charge in [0.2, 0.25) is 0 Å². The largest absolute Gasteiger partial charge is 0.477 e. The monoisotopic (exact) mass is 1020 g/mol. The minimum Gasteiger partial charge on any atom is -0.477 e. The first kappa shape index (κ1) is 68.7. The van der Waals surface area contributed by atoms with E-state index in [2.05, 4.69) is 135 Å². The first-order valence-corrected chi connectivity index (χ1v) is 28.7. The summed E-state index contributed by atoms with van der Waals surface area (Å²) < 4.78 is 22.8. The van der Waals surface area contributed by atoms with Crippen LogP contribution in [0.2, 0.25) is 0 Å². The molecule has 0 aliphatic rings. The number of ether oxygens (including phenoxy) is 4. The standard InChI is InChI=1S/C64H105NO8/c1-6-8-10-12-14-16-18-20-22-24-26-28-30-31-33-35-37-39-41-43-45-47-49-51-53-55-62(67)73-60(59-72-64(63(68)69)70-57-56-65(3,4)5)58-71-61(66)54-52-50-48-46-44-42-40-38-36-34-32-29-27-25-23-21-19-17-15-13-11-9-7-2/h8,10,14,16,19-22,25-28,31-34,37,39,43,45,60,64H,6-7,9,11-13,15,17-18,23-24,29-30,35-36,38,40-42,44,46-59H2,1-5H3/p+1/b10-8-,16-14-,21-19-,22-20-,27-25-,28-26-,33-31-,34-32-,39-37-,45-43-. The van der Waals surface area contributed by atoms with E-state index in [9.17, 15) is 19.5 Å². The zero-order valence-electron chi connectivity index (χ0n) is 47.0. The van der Waals surface area contributed by atoms with Crippen LogP contribution in [0.1, 0.15) is 206 Å². The van der Waals surface area contributed by atoms with Crippen molar-refractivity contribution < 1.29 is 42.9 Å². The lowest BCUT2D eigenvalue weighted by Crippen LogP contribution is -2.40. The van der Waals surface area contributed by atoms with Crippen LogP contribution in [0, 0.1) is 0 Å². The Kier molecular flexibility index (Phi) is 50.8. The van der Waals surface area contributed by atoms with Crippen LogP contribution in [0.25, 0.3) is 0 Å². The molecule has 0 radical (unpaired) electrons. The van der Waals surface area contributed by atoms with Gasteiger partial charge >= 0.3 is 17.9 Å². The van der Waals surface area contributed by atoms with Gasteiger partial charge in [-0.1, -0.05) is 206 Å². The highest BCUT2D eigenvalue weighted by Gasteiger charge is 2.25. The number of carbonyl (C=O) groups excluding carboxylic acids is 2. The lowest BCUT2D eigenvalue weighted by atomic mass is 10.1. The molecule has 1 N–H and O–H groups in total. The highest BCUT2D eigenvalue weighted by molar-refractivity contribution is 5.71. The molecule has 0 amide bonds. The second kappa shape index (κ2) is 54.0. The van der Waals surface area contributed by atoms with Crippen LogP contribution >= 0.6 is 0 Å². The van der Waals surface area contributed by atoms with Crippen molar-refractivity contribution in [1.82, 2.24) is 0 Å². The Labute approximate surface area is 447 Å². The fourth-order valence-electron chi connectivity index (χ4n) is 7.29. The maximum Gasteiger partial charge on any atom is 0.361 e. The maximum atomic E-state index is 12.9. The van der Waals surface area contributed by atoms with Crippen molar-refractivity contribution >= 4 is 17.9 Å². The topological polar surface area (TPSA) is 108 Å². The van der Waals surface area contributed by atoms with Crippen molar-refractivity contribution in [2.45, 2.75) is 219 Å². The van der Waals surface area contributed by atoms with E-state index in [-0.39, 0.29) is 38.6 Å². The summed E-state index contributed by atoms with van der Waals surface area (Å²) in [7, 11) is 5.94. The number of aliphatic carboxylic acids is 1. The number of hydrogen-bond acceptors (Lipinski definition) is 7. The van der Waals surface area contributed by atoms with Gasteiger partial charge in [-0.2, -0.15) is 0 Å². The Bertz CT molecular complexity index is 1610. The average Bonchev–Trinajstić information content (AvgIpc) is 3.36. The fourth-order valence-corrected chi connectivity index (χ4v) is 7.29. The molecule has 2 atom stereocenters. The molecule has 0 aromatic heterocycles. The Hall–Kier alpha value is -4.31. The average molecular weight is 1020 g/mol. The summed E-state index contributed by atoms with van der Waals surface area (Å²) >= 11 is 0. The molecule has 0 fully saturated rings. The highest BCUT2D eigenvalue weighted by Crippen LogP contribution is 2.13. The number of allylic oxidation sites excluding steroid dienone is 20. The van der Waals surface area contributed by atoms with E-state index in [1.807, 2.05) is 21.1 Å². The van der Waals surface area contributed by atoms with Gasteiger partial charge in [-0.25, -0.2) is 4.79 Å². The van der Waals surface area contributed by atoms with Crippen LogP contribution in [-0.2, 0) is 33.3 Å². The molecule has 0 aliphatic heterocycles. The zero-order valence-corrected chi connectivity index (χ0v) is 47.0. The predicted octanol–water partition coefficient (Wildman–Crippen LogP) is 16.9. The SMILES string of the molecule is CC/C=C\C/C=C\C/C=C\C/C=C\C/C=C\C/C=C\C/C=C\CCCCCC(=O)OC(COC(=O)CCCCCCCCCC/C=C\C/C=C\C/C=C\CCCCCCC)COC(OCC[N+](C)(C)C)C(=O)O. The normalized spacial score (nSPS) is 13.7. The van der Waals surface area contributed by atoms with Crippen molar-refractivity contribution in [1.29, 1.82) is 0 Å². The number of nitrogens with zero attached hydrogens (tertiary/aromatic N) is 1. The van der Waals surface area contributed by atoms with Crippen LogP contribution in [0.5, 0.6) is 0 Å². The molecular weight excluding hydrogens is 911 g/mol. The first-order valence-electron chi connectivity index (χ1n) is 28.7. The van der Waals surface area contributed by atoms with Crippen LogP contribution < -0.4 is 0 Å². The van der Waals surface area contributed by atoms with Crippen LogP contribution in [0.4, 0.5) is 0 Å². The molecular formula is C64H106NO8+. The summed E-state index contributed by atoms with van der Waals surface area (Å²) in [5.74, 6) is -2.08. The van der Waals surface area contributed by atoms with Crippen LogP contribution in [0.15, 0.2) is 122 Å². The minimum absolute atomic E-state index is 0.172. The van der Waals surface area contributed by atoms with Gasteiger partial charge < -0.3 is 28.5 Å².